The molecule has 3 aromatic carbocycles. The fraction of sp³-hybridized carbons (Fsp3) is 0.111. The summed E-state index contributed by atoms with van der Waals surface area (Å²) in [6.07, 6.45) is -3.37. The van der Waals surface area contributed by atoms with Gasteiger partial charge in [0, 0.05) is 11.6 Å². The van der Waals surface area contributed by atoms with Gasteiger partial charge < -0.3 is 9.47 Å². The van der Waals surface area contributed by atoms with Gasteiger partial charge in [-0.2, -0.15) is 28.3 Å². The molecule has 0 aromatic heterocycles. The summed E-state index contributed by atoms with van der Waals surface area (Å²) in [7, 11) is 1.30. The normalized spacial score (nSPS) is 15.9. The SMILES string of the molecule is COc1cc(/C=C2/C(=N)N3N=C(c4cccc(C)c4)SC3=NC2=O)ccc1Oc1ccc(C(F)(F)F)cc1[N+](=O)[O-]. The third kappa shape index (κ3) is 5.54. The molecular formula is C27H18F3N5O5S. The molecule has 3 aromatic rings. The number of nitrogens with one attached hydrogen (secondary N) is 1. The topological polar surface area (TPSA) is 130 Å². The highest BCUT2D eigenvalue weighted by Gasteiger charge is 2.36. The predicted molar refractivity (Wildman–Crippen MR) is 146 cm³/mol. The summed E-state index contributed by atoms with van der Waals surface area (Å²) < 4.78 is 50.0. The molecule has 0 saturated carbocycles. The van der Waals surface area contributed by atoms with Gasteiger partial charge in [-0.25, -0.2) is 0 Å². The van der Waals surface area contributed by atoms with Gasteiger partial charge in [-0.05, 0) is 60.7 Å². The first-order valence-electron chi connectivity index (χ1n) is 11.7. The van der Waals surface area contributed by atoms with Gasteiger partial charge in [0.1, 0.15) is 5.04 Å². The molecule has 2 aliphatic rings. The zero-order valence-corrected chi connectivity index (χ0v) is 22.0. The molecule has 0 atom stereocenters. The monoisotopic (exact) mass is 581 g/mol. The molecule has 1 N–H and O–H groups in total. The number of benzene rings is 3. The number of methoxy groups -OCH3 is 1. The molecule has 41 heavy (non-hydrogen) atoms. The van der Waals surface area contributed by atoms with Gasteiger partial charge >= 0.3 is 11.9 Å². The Morgan fingerprint density at radius 3 is 2.51 bits per heavy atom. The summed E-state index contributed by atoms with van der Waals surface area (Å²) in [5.74, 6) is -1.20. The molecule has 0 saturated heterocycles. The van der Waals surface area contributed by atoms with Crippen LogP contribution >= 0.6 is 11.8 Å². The van der Waals surface area contributed by atoms with Crippen LogP contribution in [0, 0.1) is 22.4 Å². The largest absolute Gasteiger partial charge is 0.493 e. The molecular weight excluding hydrogens is 563 g/mol. The first kappa shape index (κ1) is 27.6. The van der Waals surface area contributed by atoms with Gasteiger partial charge in [0.05, 0.1) is 23.2 Å². The van der Waals surface area contributed by atoms with Crippen molar-refractivity contribution in [3.8, 4) is 17.2 Å². The number of aryl methyl sites for hydroxylation is 1. The van der Waals surface area contributed by atoms with Gasteiger partial charge in [0.15, 0.2) is 17.3 Å². The molecule has 0 fully saturated rings. The van der Waals surface area contributed by atoms with Crippen LogP contribution < -0.4 is 9.47 Å². The van der Waals surface area contributed by atoms with Gasteiger partial charge in [-0.3, -0.25) is 20.3 Å². The number of nitro groups is 1. The smallest absolute Gasteiger partial charge is 0.416 e. The highest BCUT2D eigenvalue weighted by molar-refractivity contribution is 8.27. The Morgan fingerprint density at radius 2 is 1.83 bits per heavy atom. The van der Waals surface area contributed by atoms with Gasteiger partial charge in [0.25, 0.3) is 5.91 Å². The second-order valence-electron chi connectivity index (χ2n) is 8.74. The van der Waals surface area contributed by atoms with Crippen molar-refractivity contribution in [2.45, 2.75) is 13.1 Å². The van der Waals surface area contributed by atoms with Crippen LogP contribution in [0.1, 0.15) is 22.3 Å². The van der Waals surface area contributed by atoms with Crippen molar-refractivity contribution in [2.24, 2.45) is 10.1 Å². The van der Waals surface area contributed by atoms with Gasteiger partial charge in [-0.1, -0.05) is 29.8 Å². The lowest BCUT2D eigenvalue weighted by molar-refractivity contribution is -0.385. The maximum absolute atomic E-state index is 13.0. The summed E-state index contributed by atoms with van der Waals surface area (Å²) in [4.78, 5) is 27.3. The number of hydrazone groups is 1. The number of carbonyl (C=O) groups excluding carboxylic acids is 1. The minimum absolute atomic E-state index is 0.0220. The molecule has 0 unspecified atom stereocenters. The third-order valence-electron chi connectivity index (χ3n) is 5.92. The number of carbonyl (C=O) groups is 1. The number of amidine groups is 2. The Bertz CT molecular complexity index is 1720. The summed E-state index contributed by atoms with van der Waals surface area (Å²) in [6, 6.07) is 13.8. The quantitative estimate of drug-likeness (QED) is 0.203. The molecule has 0 aliphatic carbocycles. The lowest BCUT2D eigenvalue weighted by atomic mass is 10.1. The van der Waals surface area contributed by atoms with E-state index in [0.717, 1.165) is 17.2 Å². The Balaban J connectivity index is 1.43. The fourth-order valence-corrected chi connectivity index (χ4v) is 4.84. The molecule has 0 spiro atoms. The number of hydrogen-bond acceptors (Lipinski definition) is 8. The summed E-state index contributed by atoms with van der Waals surface area (Å²) in [5.41, 5.74) is 0.139. The Labute approximate surface area is 234 Å². The number of aliphatic imine (C=N–C) groups is 1. The number of halogens is 3. The van der Waals surface area contributed by atoms with Crippen LogP contribution in [0.5, 0.6) is 17.2 Å². The zero-order chi connectivity index (χ0) is 29.5. The van der Waals surface area contributed by atoms with Gasteiger partial charge in [0.2, 0.25) is 10.9 Å². The predicted octanol–water partition coefficient (Wildman–Crippen LogP) is 6.39. The first-order chi connectivity index (χ1) is 19.4. The highest BCUT2D eigenvalue weighted by atomic mass is 32.2. The van der Waals surface area contributed by atoms with E-state index >= 15 is 0 Å². The van der Waals surface area contributed by atoms with Crippen molar-refractivity contribution >= 4 is 45.5 Å². The number of ether oxygens (including phenoxy) is 2. The number of hydrogen-bond donors (Lipinski definition) is 1. The molecule has 2 heterocycles. The van der Waals surface area contributed by atoms with Crippen molar-refractivity contribution in [1.29, 1.82) is 5.41 Å². The number of nitro benzene ring substituents is 1. The molecule has 14 heteroatoms. The number of rotatable bonds is 6. The van der Waals surface area contributed by atoms with E-state index in [0.29, 0.717) is 22.7 Å². The molecule has 2 aliphatic heterocycles. The summed E-state index contributed by atoms with van der Waals surface area (Å²) in [6.45, 7) is 1.94. The second-order valence-corrected chi connectivity index (χ2v) is 9.70. The maximum atomic E-state index is 13.0. The zero-order valence-electron chi connectivity index (χ0n) is 21.2. The van der Waals surface area contributed by atoms with Crippen LogP contribution in [0.15, 0.2) is 76.3 Å². The lowest BCUT2D eigenvalue weighted by Gasteiger charge is -2.20. The molecule has 5 rings (SSSR count). The first-order valence-corrected chi connectivity index (χ1v) is 12.5. The second kappa shape index (κ2) is 10.5. The minimum atomic E-state index is -4.77. The fourth-order valence-electron chi connectivity index (χ4n) is 3.95. The number of amides is 1. The molecule has 10 nitrogen and oxygen atoms in total. The Kier molecular flexibility index (Phi) is 7.09. The maximum Gasteiger partial charge on any atom is 0.416 e. The number of fused-ring (bicyclic) bond motifs is 1. The molecule has 0 radical (unpaired) electrons. The highest BCUT2D eigenvalue weighted by Crippen LogP contribution is 2.40. The van der Waals surface area contributed by atoms with Crippen LogP contribution in [-0.2, 0) is 11.0 Å². The van der Waals surface area contributed by atoms with Crippen LogP contribution in [0.2, 0.25) is 0 Å². The van der Waals surface area contributed by atoms with Crippen molar-refractivity contribution < 1.29 is 32.4 Å². The van der Waals surface area contributed by atoms with E-state index in [4.69, 9.17) is 14.9 Å². The van der Waals surface area contributed by atoms with E-state index in [1.807, 2.05) is 31.2 Å². The molecule has 0 bridgehead atoms. The average molecular weight is 582 g/mol. The number of thioether (sulfide) groups is 1. The van der Waals surface area contributed by atoms with E-state index in [9.17, 15) is 28.1 Å². The van der Waals surface area contributed by atoms with Crippen LogP contribution in [0.3, 0.4) is 0 Å². The number of nitrogens with zero attached hydrogens (tertiary/aromatic N) is 4. The van der Waals surface area contributed by atoms with Crippen LogP contribution in [0.4, 0.5) is 18.9 Å². The van der Waals surface area contributed by atoms with Gasteiger partial charge in [-0.15, -0.1) is 0 Å². The van der Waals surface area contributed by atoms with E-state index in [1.54, 1.807) is 0 Å². The minimum Gasteiger partial charge on any atom is -0.493 e. The lowest BCUT2D eigenvalue weighted by Crippen LogP contribution is -2.35. The van der Waals surface area contributed by atoms with Crippen molar-refractivity contribution in [3.05, 3.63) is 98.6 Å². The Morgan fingerprint density at radius 1 is 1.07 bits per heavy atom. The molecule has 208 valence electrons. The van der Waals surface area contributed by atoms with Crippen molar-refractivity contribution in [1.82, 2.24) is 5.01 Å². The van der Waals surface area contributed by atoms with Crippen molar-refractivity contribution in [3.63, 3.8) is 0 Å². The number of alkyl halides is 3. The van der Waals surface area contributed by atoms with Crippen LogP contribution in [-0.4, -0.2) is 39.0 Å². The van der Waals surface area contributed by atoms with E-state index in [-0.39, 0.29) is 28.1 Å². The average Bonchev–Trinajstić information content (AvgIpc) is 3.35. The standard InChI is InChI=1S/C27H18F3N5O5S/c1-14-4-3-5-16(10-14)25-33-34-23(31)18(24(36)32-26(34)41-25)11-15-6-8-21(22(12-15)39-2)40-20-9-7-17(27(28,29)30)13-19(20)35(37)38/h3-13,31H,1-2H3/b18-11-,31-23?. The van der Waals surface area contributed by atoms with E-state index < -0.39 is 34.0 Å². The Hall–Kier alpha value is -4.98. The van der Waals surface area contributed by atoms with Crippen LogP contribution in [0.25, 0.3) is 6.08 Å². The van der Waals surface area contributed by atoms with Crippen molar-refractivity contribution in [2.75, 3.05) is 7.11 Å². The summed E-state index contributed by atoms with van der Waals surface area (Å²) >= 11 is 1.18. The van der Waals surface area contributed by atoms with E-state index in [1.165, 1.54) is 48.2 Å². The third-order valence-corrected chi connectivity index (χ3v) is 6.88. The summed E-state index contributed by atoms with van der Waals surface area (Å²) in [5, 5.41) is 26.6. The van der Waals surface area contributed by atoms with E-state index in [2.05, 4.69) is 10.1 Å². The molecule has 1 amide bonds.